The first-order chi connectivity index (χ1) is 10.6. The summed E-state index contributed by atoms with van der Waals surface area (Å²) in [4.78, 5) is 0. The Morgan fingerprint density at radius 1 is 0.870 bits per heavy atom. The van der Waals surface area contributed by atoms with Gasteiger partial charge in [0.25, 0.3) is 0 Å². The van der Waals surface area contributed by atoms with Gasteiger partial charge in [-0.1, -0.05) is 85.3 Å². The second-order valence-electron chi connectivity index (χ2n) is 9.44. The summed E-state index contributed by atoms with van der Waals surface area (Å²) in [6.07, 6.45) is 13.3. The highest BCUT2D eigenvalue weighted by atomic mass is 14.4. The van der Waals surface area contributed by atoms with Crippen LogP contribution in [-0.4, -0.2) is 0 Å². The lowest BCUT2D eigenvalue weighted by atomic mass is 9.69. The first kappa shape index (κ1) is 18.3. The number of hydrogen-bond donors (Lipinski definition) is 0. The van der Waals surface area contributed by atoms with Crippen molar-refractivity contribution in [3.05, 3.63) is 46.6 Å². The molecule has 0 bridgehead atoms. The zero-order valence-corrected chi connectivity index (χ0v) is 16.6. The van der Waals surface area contributed by atoms with Crippen LogP contribution >= 0.6 is 0 Å². The monoisotopic (exact) mass is 312 g/mol. The van der Waals surface area contributed by atoms with Crippen LogP contribution in [0.25, 0.3) is 0 Å². The van der Waals surface area contributed by atoms with Gasteiger partial charge in [0.1, 0.15) is 0 Å². The Morgan fingerprint density at radius 2 is 1.43 bits per heavy atom. The largest absolute Gasteiger partial charge is 0.0723 e. The van der Waals surface area contributed by atoms with Crippen LogP contribution in [0.3, 0.4) is 0 Å². The van der Waals surface area contributed by atoms with E-state index in [0.29, 0.717) is 22.7 Å². The molecule has 23 heavy (non-hydrogen) atoms. The van der Waals surface area contributed by atoms with Crippen LogP contribution < -0.4 is 0 Å². The average Bonchev–Trinajstić information content (AvgIpc) is 2.80. The fourth-order valence-electron chi connectivity index (χ4n) is 4.64. The van der Waals surface area contributed by atoms with E-state index in [0.717, 1.165) is 6.42 Å². The summed E-state index contributed by atoms with van der Waals surface area (Å²) in [7, 11) is 0. The molecule has 0 heterocycles. The van der Waals surface area contributed by atoms with Crippen LogP contribution in [0.15, 0.2) is 46.6 Å². The molecule has 2 aliphatic carbocycles. The van der Waals surface area contributed by atoms with Gasteiger partial charge in [-0.25, -0.2) is 0 Å². The molecule has 0 heteroatoms. The molecule has 0 fully saturated rings. The van der Waals surface area contributed by atoms with Crippen molar-refractivity contribution in [1.29, 1.82) is 0 Å². The van der Waals surface area contributed by atoms with Crippen LogP contribution in [0.5, 0.6) is 0 Å². The minimum Gasteiger partial charge on any atom is -0.0723 e. The molecule has 2 rings (SSSR count). The second-order valence-corrected chi connectivity index (χ2v) is 9.44. The molecule has 0 aromatic heterocycles. The number of rotatable bonds is 4. The van der Waals surface area contributed by atoms with E-state index in [9.17, 15) is 0 Å². The first-order valence-electron chi connectivity index (χ1n) is 9.42. The minimum absolute atomic E-state index is 0.325. The van der Waals surface area contributed by atoms with Gasteiger partial charge in [-0.2, -0.15) is 0 Å². The van der Waals surface area contributed by atoms with E-state index in [2.05, 4.69) is 79.7 Å². The molecule has 0 amide bonds. The minimum atomic E-state index is 0.325. The summed E-state index contributed by atoms with van der Waals surface area (Å²) >= 11 is 0. The summed E-state index contributed by atoms with van der Waals surface area (Å²) in [5, 5.41) is 0. The van der Waals surface area contributed by atoms with Gasteiger partial charge in [-0.15, -0.1) is 0 Å². The SMILES string of the molecule is CCC(C1=CC2=CC=C(C(CC)C(C)(C)C)C2=CC1)C(C)(C)C. The molecule has 128 valence electrons. The van der Waals surface area contributed by atoms with E-state index in [-0.39, 0.29) is 0 Å². The van der Waals surface area contributed by atoms with Crippen molar-refractivity contribution in [3.8, 4) is 0 Å². The topological polar surface area (TPSA) is 0 Å². The van der Waals surface area contributed by atoms with Crippen molar-refractivity contribution in [2.45, 2.75) is 74.7 Å². The Morgan fingerprint density at radius 3 is 1.91 bits per heavy atom. The standard InChI is InChI=1S/C23H36/c1-9-20(22(3,4)5)17-12-13-18-16(15-17)11-14-19(18)21(10-2)23(6,7)8/h11,13-15,20-21H,9-10,12H2,1-8H3. The van der Waals surface area contributed by atoms with Crippen LogP contribution in [0.4, 0.5) is 0 Å². The third-order valence-electron chi connectivity index (χ3n) is 5.68. The van der Waals surface area contributed by atoms with Crippen molar-refractivity contribution >= 4 is 0 Å². The highest BCUT2D eigenvalue weighted by Gasteiger charge is 2.33. The summed E-state index contributed by atoms with van der Waals surface area (Å²) in [5.41, 5.74) is 6.82. The van der Waals surface area contributed by atoms with E-state index in [1.54, 1.807) is 11.1 Å². The third kappa shape index (κ3) is 3.73. The number of fused-ring (bicyclic) bond motifs is 1. The van der Waals surface area contributed by atoms with E-state index >= 15 is 0 Å². The normalized spacial score (nSPS) is 21.0. The molecule has 0 saturated carbocycles. The van der Waals surface area contributed by atoms with Crippen LogP contribution in [-0.2, 0) is 0 Å². The van der Waals surface area contributed by atoms with Gasteiger partial charge in [0.05, 0.1) is 0 Å². The van der Waals surface area contributed by atoms with Gasteiger partial charge in [0, 0.05) is 0 Å². The molecule has 2 aliphatic rings. The van der Waals surface area contributed by atoms with Crippen molar-refractivity contribution in [1.82, 2.24) is 0 Å². The molecule has 0 spiro atoms. The number of allylic oxidation sites excluding steroid dienone is 8. The summed E-state index contributed by atoms with van der Waals surface area (Å²) in [5.74, 6) is 1.32. The Hall–Kier alpha value is -1.04. The molecular formula is C23H36. The lowest BCUT2D eigenvalue weighted by Crippen LogP contribution is -2.24. The summed E-state index contributed by atoms with van der Waals surface area (Å²) < 4.78 is 0. The average molecular weight is 313 g/mol. The molecule has 0 aromatic carbocycles. The van der Waals surface area contributed by atoms with Crippen molar-refractivity contribution in [2.75, 3.05) is 0 Å². The van der Waals surface area contributed by atoms with Gasteiger partial charge in [0.15, 0.2) is 0 Å². The quantitative estimate of drug-likeness (QED) is 0.512. The second kappa shape index (κ2) is 6.46. The van der Waals surface area contributed by atoms with Gasteiger partial charge in [-0.05, 0) is 58.6 Å². The van der Waals surface area contributed by atoms with E-state index in [4.69, 9.17) is 0 Å². The maximum atomic E-state index is 2.50. The fourth-order valence-corrected chi connectivity index (χ4v) is 4.64. The Bertz CT molecular complexity index is 564. The highest BCUT2D eigenvalue weighted by Crippen LogP contribution is 2.46. The predicted octanol–water partition coefficient (Wildman–Crippen LogP) is 7.25. The maximum absolute atomic E-state index is 2.50. The molecule has 0 N–H and O–H groups in total. The van der Waals surface area contributed by atoms with Gasteiger partial charge >= 0.3 is 0 Å². The lowest BCUT2D eigenvalue weighted by Gasteiger charge is -2.35. The Kier molecular flexibility index (Phi) is 5.14. The summed E-state index contributed by atoms with van der Waals surface area (Å²) in [6, 6.07) is 0. The smallest absolute Gasteiger partial charge is 0.0110 e. The van der Waals surface area contributed by atoms with Gasteiger partial charge in [0.2, 0.25) is 0 Å². The molecular weight excluding hydrogens is 276 g/mol. The molecule has 0 saturated heterocycles. The Balaban J connectivity index is 2.25. The van der Waals surface area contributed by atoms with Gasteiger partial charge in [-0.3, -0.25) is 0 Å². The maximum Gasteiger partial charge on any atom is -0.0110 e. The van der Waals surface area contributed by atoms with Crippen LogP contribution in [0.2, 0.25) is 0 Å². The molecule has 0 nitrogen and oxygen atoms in total. The zero-order chi connectivity index (χ0) is 17.4. The van der Waals surface area contributed by atoms with Crippen molar-refractivity contribution in [3.63, 3.8) is 0 Å². The predicted molar refractivity (Wildman–Crippen MR) is 103 cm³/mol. The fraction of sp³-hybridized carbons (Fsp3) is 0.652. The number of hydrogen-bond acceptors (Lipinski definition) is 0. The van der Waals surface area contributed by atoms with Gasteiger partial charge < -0.3 is 0 Å². The first-order valence-corrected chi connectivity index (χ1v) is 9.42. The molecule has 2 atom stereocenters. The van der Waals surface area contributed by atoms with E-state index in [1.165, 1.54) is 24.0 Å². The molecule has 0 radical (unpaired) electrons. The molecule has 2 unspecified atom stereocenters. The Labute approximate surface area is 144 Å². The lowest BCUT2D eigenvalue weighted by molar-refractivity contribution is 0.268. The van der Waals surface area contributed by atoms with E-state index < -0.39 is 0 Å². The summed E-state index contributed by atoms with van der Waals surface area (Å²) in [6.45, 7) is 18.9. The molecule has 0 aromatic rings. The highest BCUT2D eigenvalue weighted by molar-refractivity contribution is 5.63. The van der Waals surface area contributed by atoms with Crippen LogP contribution in [0.1, 0.15) is 74.7 Å². The third-order valence-corrected chi connectivity index (χ3v) is 5.68. The molecule has 0 aliphatic heterocycles. The van der Waals surface area contributed by atoms with Crippen molar-refractivity contribution < 1.29 is 0 Å². The zero-order valence-electron chi connectivity index (χ0n) is 16.6. The van der Waals surface area contributed by atoms with Crippen LogP contribution in [0, 0.1) is 22.7 Å². The van der Waals surface area contributed by atoms with Crippen molar-refractivity contribution in [2.24, 2.45) is 22.7 Å². The van der Waals surface area contributed by atoms with E-state index in [1.807, 2.05) is 0 Å².